The Morgan fingerprint density at radius 2 is 2.12 bits per heavy atom. The molecule has 0 aromatic carbocycles. The van der Waals surface area contributed by atoms with Gasteiger partial charge < -0.3 is 10.2 Å². The molecule has 0 saturated carbocycles. The van der Waals surface area contributed by atoms with Crippen molar-refractivity contribution in [2.45, 2.75) is 24.8 Å². The second kappa shape index (κ2) is 5.13. The number of carboxylic acid groups (broad SMARTS) is 1. The number of aryl methyl sites for hydroxylation is 2. The number of aliphatic hydroxyl groups is 1. The molecule has 3 N–H and O–H groups in total. The van der Waals surface area contributed by atoms with Gasteiger partial charge in [-0.05, 0) is 19.9 Å². The van der Waals surface area contributed by atoms with E-state index in [-0.39, 0.29) is 4.90 Å². The molecule has 0 aliphatic heterocycles. The van der Waals surface area contributed by atoms with Crippen molar-refractivity contribution in [3.05, 3.63) is 15.8 Å². The molecule has 1 atom stereocenters. The van der Waals surface area contributed by atoms with Gasteiger partial charge in [-0.3, -0.25) is 0 Å². The van der Waals surface area contributed by atoms with E-state index in [9.17, 15) is 13.2 Å². The molecule has 17 heavy (non-hydrogen) atoms. The van der Waals surface area contributed by atoms with Crippen LogP contribution >= 0.6 is 11.3 Å². The molecule has 0 fully saturated rings. The van der Waals surface area contributed by atoms with Crippen LogP contribution in [0.15, 0.2) is 11.0 Å². The van der Waals surface area contributed by atoms with Crippen LogP contribution in [0, 0.1) is 13.8 Å². The molecule has 0 spiro atoms. The Balaban J connectivity index is 2.83. The van der Waals surface area contributed by atoms with Crippen LogP contribution in [0.2, 0.25) is 0 Å². The first-order valence-corrected chi connectivity index (χ1v) is 7.01. The second-order valence-electron chi connectivity index (χ2n) is 3.48. The van der Waals surface area contributed by atoms with E-state index in [0.29, 0.717) is 4.88 Å². The predicted molar refractivity (Wildman–Crippen MR) is 62.6 cm³/mol. The van der Waals surface area contributed by atoms with E-state index in [1.54, 1.807) is 13.8 Å². The highest BCUT2D eigenvalue weighted by molar-refractivity contribution is 7.89. The summed E-state index contributed by atoms with van der Waals surface area (Å²) in [6.45, 7) is 2.90. The Labute approximate surface area is 103 Å². The molecule has 1 aromatic rings. The average molecular weight is 279 g/mol. The van der Waals surface area contributed by atoms with Crippen LogP contribution in [0.3, 0.4) is 0 Å². The SMILES string of the molecule is Cc1cc(S(=O)(=O)NC[C@@H](O)C(=O)O)c(C)s1. The molecule has 0 radical (unpaired) electrons. The normalized spacial score (nSPS) is 13.6. The maximum atomic E-state index is 11.8. The number of carbonyl (C=O) groups is 1. The summed E-state index contributed by atoms with van der Waals surface area (Å²) in [6.07, 6.45) is -1.75. The number of rotatable bonds is 5. The number of aliphatic hydroxyl groups excluding tert-OH is 1. The van der Waals surface area contributed by atoms with Crippen LogP contribution < -0.4 is 4.72 Å². The van der Waals surface area contributed by atoms with Gasteiger partial charge in [-0.25, -0.2) is 17.9 Å². The highest BCUT2D eigenvalue weighted by atomic mass is 32.2. The molecule has 0 aliphatic rings. The lowest BCUT2D eigenvalue weighted by Gasteiger charge is -2.08. The minimum Gasteiger partial charge on any atom is -0.479 e. The molecule has 0 saturated heterocycles. The highest BCUT2D eigenvalue weighted by Crippen LogP contribution is 2.24. The smallest absolute Gasteiger partial charge is 0.333 e. The summed E-state index contributed by atoms with van der Waals surface area (Å²) < 4.78 is 25.6. The molecule has 1 heterocycles. The van der Waals surface area contributed by atoms with Crippen LogP contribution in [0.5, 0.6) is 0 Å². The summed E-state index contributed by atoms with van der Waals surface area (Å²) in [5.74, 6) is -1.47. The zero-order chi connectivity index (χ0) is 13.2. The molecule has 0 aliphatic carbocycles. The molecule has 0 bridgehead atoms. The van der Waals surface area contributed by atoms with Crippen LogP contribution in [0.4, 0.5) is 0 Å². The first-order valence-electron chi connectivity index (χ1n) is 4.71. The van der Waals surface area contributed by atoms with Gasteiger partial charge in [0.15, 0.2) is 6.10 Å². The van der Waals surface area contributed by atoms with E-state index in [4.69, 9.17) is 10.2 Å². The van der Waals surface area contributed by atoms with Crippen molar-refractivity contribution in [3.63, 3.8) is 0 Å². The lowest BCUT2D eigenvalue weighted by atomic mass is 10.4. The van der Waals surface area contributed by atoms with Crippen molar-refractivity contribution < 1.29 is 23.4 Å². The zero-order valence-electron chi connectivity index (χ0n) is 9.30. The minimum absolute atomic E-state index is 0.123. The third-order valence-electron chi connectivity index (χ3n) is 2.04. The molecule has 96 valence electrons. The Bertz CT molecular complexity index is 519. The standard InChI is InChI=1S/C9H13NO5S2/c1-5-3-8(6(2)16-5)17(14,15)10-4-7(11)9(12)13/h3,7,10-11H,4H2,1-2H3,(H,12,13)/t7-/m1/s1. The first kappa shape index (κ1) is 14.1. The van der Waals surface area contributed by atoms with Crippen LogP contribution in [-0.2, 0) is 14.8 Å². The summed E-state index contributed by atoms with van der Waals surface area (Å²) in [5.41, 5.74) is 0. The van der Waals surface area contributed by atoms with Gasteiger partial charge in [0.05, 0.1) is 4.90 Å². The van der Waals surface area contributed by atoms with E-state index in [2.05, 4.69) is 4.72 Å². The van der Waals surface area contributed by atoms with E-state index in [1.165, 1.54) is 17.4 Å². The topological polar surface area (TPSA) is 104 Å². The molecular formula is C9H13NO5S2. The highest BCUT2D eigenvalue weighted by Gasteiger charge is 2.22. The van der Waals surface area contributed by atoms with Crippen LogP contribution in [0.1, 0.15) is 9.75 Å². The van der Waals surface area contributed by atoms with Crippen molar-refractivity contribution in [2.75, 3.05) is 6.54 Å². The monoisotopic (exact) mass is 279 g/mol. The summed E-state index contributed by atoms with van der Waals surface area (Å²) >= 11 is 1.34. The molecule has 1 aromatic heterocycles. The van der Waals surface area contributed by atoms with Gasteiger partial charge in [-0.1, -0.05) is 0 Å². The van der Waals surface area contributed by atoms with E-state index < -0.39 is 28.6 Å². The molecule has 0 amide bonds. The first-order chi connectivity index (χ1) is 7.74. The summed E-state index contributed by atoms with van der Waals surface area (Å²) in [4.78, 5) is 11.9. The Morgan fingerprint density at radius 1 is 1.53 bits per heavy atom. The maximum Gasteiger partial charge on any atom is 0.333 e. The number of hydrogen-bond acceptors (Lipinski definition) is 5. The zero-order valence-corrected chi connectivity index (χ0v) is 10.9. The van der Waals surface area contributed by atoms with Gasteiger partial charge in [0.1, 0.15) is 0 Å². The molecule has 0 unspecified atom stereocenters. The van der Waals surface area contributed by atoms with Crippen molar-refractivity contribution >= 4 is 27.3 Å². The Hall–Kier alpha value is -0.960. The Kier molecular flexibility index (Phi) is 4.26. The van der Waals surface area contributed by atoms with E-state index in [0.717, 1.165) is 4.88 Å². The summed E-state index contributed by atoms with van der Waals surface area (Å²) in [5, 5.41) is 17.4. The predicted octanol–water partition coefficient (Wildman–Crippen LogP) is 0.0887. The van der Waals surface area contributed by atoms with E-state index >= 15 is 0 Å². The van der Waals surface area contributed by atoms with Gasteiger partial charge in [-0.2, -0.15) is 0 Å². The lowest BCUT2D eigenvalue weighted by Crippen LogP contribution is -2.36. The van der Waals surface area contributed by atoms with Crippen molar-refractivity contribution in [3.8, 4) is 0 Å². The van der Waals surface area contributed by atoms with Gasteiger partial charge in [0.25, 0.3) is 0 Å². The quantitative estimate of drug-likeness (QED) is 0.708. The van der Waals surface area contributed by atoms with Crippen molar-refractivity contribution in [1.82, 2.24) is 4.72 Å². The fraction of sp³-hybridized carbons (Fsp3) is 0.444. The summed E-state index contributed by atoms with van der Waals surface area (Å²) in [7, 11) is -3.76. The second-order valence-corrected chi connectivity index (χ2v) is 6.68. The fourth-order valence-corrected chi connectivity index (χ4v) is 3.82. The number of thiophene rings is 1. The van der Waals surface area contributed by atoms with Crippen molar-refractivity contribution in [1.29, 1.82) is 0 Å². The lowest BCUT2D eigenvalue weighted by molar-refractivity contribution is -0.146. The van der Waals surface area contributed by atoms with Crippen LogP contribution in [-0.4, -0.2) is 37.2 Å². The van der Waals surface area contributed by atoms with Gasteiger partial charge >= 0.3 is 5.97 Å². The third kappa shape index (κ3) is 3.50. The van der Waals surface area contributed by atoms with Crippen LogP contribution in [0.25, 0.3) is 0 Å². The van der Waals surface area contributed by atoms with Gasteiger partial charge in [0.2, 0.25) is 10.0 Å². The van der Waals surface area contributed by atoms with Gasteiger partial charge in [-0.15, -0.1) is 11.3 Å². The van der Waals surface area contributed by atoms with Crippen molar-refractivity contribution in [2.24, 2.45) is 0 Å². The summed E-state index contributed by atoms with van der Waals surface area (Å²) in [6, 6.07) is 1.51. The number of hydrogen-bond donors (Lipinski definition) is 3. The fourth-order valence-electron chi connectivity index (χ4n) is 1.23. The van der Waals surface area contributed by atoms with E-state index in [1.807, 2.05) is 0 Å². The minimum atomic E-state index is -3.76. The molecular weight excluding hydrogens is 266 g/mol. The maximum absolute atomic E-state index is 11.8. The Morgan fingerprint density at radius 3 is 2.53 bits per heavy atom. The molecule has 8 heteroatoms. The number of sulfonamides is 1. The van der Waals surface area contributed by atoms with Gasteiger partial charge in [0, 0.05) is 16.3 Å². The number of aliphatic carboxylic acids is 1. The number of nitrogens with one attached hydrogen (secondary N) is 1. The largest absolute Gasteiger partial charge is 0.479 e. The third-order valence-corrected chi connectivity index (χ3v) is 4.68. The molecule has 6 nitrogen and oxygen atoms in total. The molecule has 1 rings (SSSR count). The number of carboxylic acids is 1. The average Bonchev–Trinajstić information content (AvgIpc) is 2.55.